The number of rotatable bonds is 2. The second-order valence-corrected chi connectivity index (χ2v) is 5.25. The van der Waals surface area contributed by atoms with Crippen LogP contribution in [0, 0.1) is 23.7 Å². The van der Waals surface area contributed by atoms with Crippen LogP contribution in [0.5, 0.6) is 0 Å². The zero-order valence-electron chi connectivity index (χ0n) is 10.1. The van der Waals surface area contributed by atoms with E-state index in [0.717, 1.165) is 11.4 Å². The van der Waals surface area contributed by atoms with Gasteiger partial charge in [0.1, 0.15) is 5.76 Å². The van der Waals surface area contributed by atoms with E-state index in [1.54, 1.807) is 12.1 Å². The number of nitrogens with zero attached hydrogens (tertiary/aromatic N) is 2. The molecule has 5 nitrogen and oxygen atoms in total. The summed E-state index contributed by atoms with van der Waals surface area (Å²) in [6, 6.07) is 3.45. The van der Waals surface area contributed by atoms with Gasteiger partial charge < -0.3 is 4.42 Å². The Labute approximate surface area is 109 Å². The maximum Gasteiger partial charge on any atom is 0.254 e. The van der Waals surface area contributed by atoms with Crippen molar-refractivity contribution in [2.45, 2.75) is 6.42 Å². The van der Waals surface area contributed by atoms with Crippen LogP contribution >= 0.6 is 0 Å². The lowest BCUT2D eigenvalue weighted by Gasteiger charge is -2.13. The Hall–Kier alpha value is -2.17. The number of hydrazone groups is 1. The van der Waals surface area contributed by atoms with Crippen molar-refractivity contribution in [2.24, 2.45) is 28.8 Å². The van der Waals surface area contributed by atoms with Crippen molar-refractivity contribution in [3.05, 3.63) is 36.3 Å². The normalized spacial score (nSPS) is 35.9. The number of carbonyl (C=O) groups excluding carboxylic acids is 2. The molecule has 0 N–H and O–H groups in total. The summed E-state index contributed by atoms with van der Waals surface area (Å²) >= 11 is 0. The Morgan fingerprint density at radius 3 is 2.47 bits per heavy atom. The van der Waals surface area contributed by atoms with Crippen LogP contribution in [0.15, 0.2) is 40.1 Å². The average Bonchev–Trinajstić information content (AvgIpc) is 3.14. The van der Waals surface area contributed by atoms with Gasteiger partial charge in [0.25, 0.3) is 11.8 Å². The fourth-order valence-electron chi connectivity index (χ4n) is 3.48. The van der Waals surface area contributed by atoms with Crippen molar-refractivity contribution in [3.63, 3.8) is 0 Å². The highest BCUT2D eigenvalue weighted by atomic mass is 16.3. The van der Waals surface area contributed by atoms with E-state index < -0.39 is 0 Å². The minimum atomic E-state index is -0.198. The Balaban J connectivity index is 1.62. The van der Waals surface area contributed by atoms with Crippen LogP contribution < -0.4 is 0 Å². The molecule has 4 atom stereocenters. The Morgan fingerprint density at radius 2 is 1.89 bits per heavy atom. The van der Waals surface area contributed by atoms with Crippen LogP contribution in [-0.4, -0.2) is 23.0 Å². The van der Waals surface area contributed by atoms with E-state index in [9.17, 15) is 9.59 Å². The monoisotopic (exact) mass is 256 g/mol. The van der Waals surface area contributed by atoms with Crippen LogP contribution in [0.2, 0.25) is 0 Å². The molecule has 0 spiro atoms. The van der Waals surface area contributed by atoms with Crippen molar-refractivity contribution in [1.29, 1.82) is 0 Å². The summed E-state index contributed by atoms with van der Waals surface area (Å²) in [6.45, 7) is 0. The molecule has 1 aliphatic heterocycles. The third-order valence-corrected chi connectivity index (χ3v) is 4.29. The van der Waals surface area contributed by atoms with Crippen LogP contribution in [0.4, 0.5) is 0 Å². The number of imide groups is 1. The Bertz CT molecular complexity index is 572. The zero-order chi connectivity index (χ0) is 13.0. The highest BCUT2D eigenvalue weighted by Gasteiger charge is 2.59. The zero-order valence-corrected chi connectivity index (χ0v) is 10.1. The predicted octanol–water partition coefficient (Wildman–Crippen LogP) is 1.42. The molecule has 1 aromatic heterocycles. The maximum absolute atomic E-state index is 12.3. The average molecular weight is 256 g/mol. The summed E-state index contributed by atoms with van der Waals surface area (Å²) in [6.07, 6.45) is 8.00. The molecule has 0 aromatic carbocycles. The summed E-state index contributed by atoms with van der Waals surface area (Å²) in [4.78, 5) is 24.5. The van der Waals surface area contributed by atoms with Crippen molar-refractivity contribution in [1.82, 2.24) is 5.01 Å². The van der Waals surface area contributed by atoms with Gasteiger partial charge in [0, 0.05) is 0 Å². The third-order valence-electron chi connectivity index (χ3n) is 4.29. The molecule has 3 aliphatic rings. The van der Waals surface area contributed by atoms with Gasteiger partial charge in [0.15, 0.2) is 0 Å². The number of furan rings is 1. The molecule has 2 fully saturated rings. The minimum absolute atomic E-state index is 0.172. The SMILES string of the molecule is O=C1[C@H]2[C@H](C(=O)N1/N=C\c1ccco1)[C@H]1C=C[C@H]2C1. The van der Waals surface area contributed by atoms with E-state index in [0.29, 0.717) is 5.76 Å². The highest BCUT2D eigenvalue weighted by Crippen LogP contribution is 2.52. The van der Waals surface area contributed by atoms with E-state index in [4.69, 9.17) is 4.42 Å². The van der Waals surface area contributed by atoms with Gasteiger partial charge in [-0.15, -0.1) is 0 Å². The quantitative estimate of drug-likeness (QED) is 0.456. The van der Waals surface area contributed by atoms with Crippen molar-refractivity contribution in [3.8, 4) is 0 Å². The summed E-state index contributed by atoms with van der Waals surface area (Å²) < 4.78 is 5.10. The van der Waals surface area contributed by atoms with E-state index in [1.165, 1.54) is 12.5 Å². The molecule has 1 saturated heterocycles. The number of carbonyl (C=O) groups is 2. The first-order valence-electron chi connectivity index (χ1n) is 6.39. The summed E-state index contributed by atoms with van der Waals surface area (Å²) in [5.74, 6) is 0.223. The first-order chi connectivity index (χ1) is 9.25. The van der Waals surface area contributed by atoms with Crippen molar-refractivity contribution < 1.29 is 14.0 Å². The van der Waals surface area contributed by atoms with Gasteiger partial charge in [-0.05, 0) is 30.4 Å². The Morgan fingerprint density at radius 1 is 1.21 bits per heavy atom. The lowest BCUT2D eigenvalue weighted by atomic mass is 9.85. The van der Waals surface area contributed by atoms with Gasteiger partial charge in [-0.25, -0.2) is 0 Å². The maximum atomic E-state index is 12.3. The molecule has 0 radical (unpaired) electrons. The standard InChI is InChI=1S/C14H12N2O3/c17-13-11-8-3-4-9(6-8)12(11)14(18)16(13)15-7-10-2-1-5-19-10/h1-5,7-9,11-12H,6H2/b15-7-/t8-,9-,11+,12+/m0/s1. The number of hydrogen-bond acceptors (Lipinski definition) is 4. The molecule has 1 saturated carbocycles. The third kappa shape index (κ3) is 1.38. The molecule has 2 bridgehead atoms. The van der Waals surface area contributed by atoms with Crippen LogP contribution in [-0.2, 0) is 9.59 Å². The molecule has 2 heterocycles. The molecular weight excluding hydrogens is 244 g/mol. The molecule has 96 valence electrons. The smallest absolute Gasteiger partial charge is 0.254 e. The van der Waals surface area contributed by atoms with Gasteiger partial charge in [0.2, 0.25) is 0 Å². The molecule has 0 unspecified atom stereocenters. The second kappa shape index (κ2) is 3.66. The lowest BCUT2D eigenvalue weighted by Crippen LogP contribution is -2.28. The first kappa shape index (κ1) is 10.7. The van der Waals surface area contributed by atoms with Gasteiger partial charge in [-0.1, -0.05) is 12.2 Å². The van der Waals surface area contributed by atoms with Gasteiger partial charge in [-0.3, -0.25) is 9.59 Å². The fourth-order valence-corrected chi connectivity index (χ4v) is 3.48. The van der Waals surface area contributed by atoms with Crippen molar-refractivity contribution >= 4 is 18.0 Å². The van der Waals surface area contributed by atoms with E-state index >= 15 is 0 Å². The highest BCUT2D eigenvalue weighted by molar-refractivity contribution is 6.06. The summed E-state index contributed by atoms with van der Waals surface area (Å²) in [5.41, 5.74) is 0. The molecule has 2 aliphatic carbocycles. The predicted molar refractivity (Wildman–Crippen MR) is 65.9 cm³/mol. The van der Waals surface area contributed by atoms with Gasteiger partial charge in [-0.2, -0.15) is 10.1 Å². The first-order valence-corrected chi connectivity index (χ1v) is 6.39. The number of fused-ring (bicyclic) bond motifs is 5. The second-order valence-electron chi connectivity index (χ2n) is 5.25. The fraction of sp³-hybridized carbons (Fsp3) is 0.357. The molecular formula is C14H12N2O3. The van der Waals surface area contributed by atoms with Gasteiger partial charge in [0.05, 0.1) is 24.3 Å². The van der Waals surface area contributed by atoms with E-state index in [-0.39, 0.29) is 35.5 Å². The topological polar surface area (TPSA) is 62.9 Å². The van der Waals surface area contributed by atoms with Crippen LogP contribution in [0.3, 0.4) is 0 Å². The van der Waals surface area contributed by atoms with E-state index in [1.807, 2.05) is 0 Å². The largest absolute Gasteiger partial charge is 0.463 e. The molecule has 19 heavy (non-hydrogen) atoms. The number of amides is 2. The minimum Gasteiger partial charge on any atom is -0.463 e. The lowest BCUT2D eigenvalue weighted by molar-refractivity contribution is -0.140. The number of allylic oxidation sites excluding steroid dienone is 2. The van der Waals surface area contributed by atoms with Crippen LogP contribution in [0.1, 0.15) is 12.2 Å². The molecule has 1 aromatic rings. The molecule has 2 amide bonds. The summed E-state index contributed by atoms with van der Waals surface area (Å²) in [5, 5.41) is 5.01. The van der Waals surface area contributed by atoms with Crippen molar-refractivity contribution in [2.75, 3.05) is 0 Å². The molecule has 4 rings (SSSR count). The summed E-state index contributed by atoms with van der Waals surface area (Å²) in [7, 11) is 0. The van der Waals surface area contributed by atoms with E-state index in [2.05, 4.69) is 17.3 Å². The van der Waals surface area contributed by atoms with Crippen LogP contribution in [0.25, 0.3) is 0 Å². The Kier molecular flexibility index (Phi) is 2.07. The number of hydrogen-bond donors (Lipinski definition) is 0. The molecule has 5 heteroatoms. The van der Waals surface area contributed by atoms with Gasteiger partial charge >= 0.3 is 0 Å².